The van der Waals surface area contributed by atoms with Crippen molar-refractivity contribution in [2.24, 2.45) is 17.7 Å². The molecule has 0 aliphatic carbocycles. The summed E-state index contributed by atoms with van der Waals surface area (Å²) in [6, 6.07) is 23.9. The van der Waals surface area contributed by atoms with Crippen LogP contribution < -0.4 is 22.1 Å². The van der Waals surface area contributed by atoms with Crippen LogP contribution in [0.1, 0.15) is 56.8 Å². The second-order valence-corrected chi connectivity index (χ2v) is 15.2. The predicted molar refractivity (Wildman–Crippen MR) is 245 cm³/mol. The first-order chi connectivity index (χ1) is 31.0. The molecule has 3 amide bonds. The average molecular weight is 922 g/mol. The number of carbonyl (C=O) groups is 4. The van der Waals surface area contributed by atoms with Gasteiger partial charge in [-0.2, -0.15) is 10.2 Å². The molecule has 8 N–H and O–H groups in total. The normalized spacial score (nSPS) is 12.2. The van der Waals surface area contributed by atoms with Gasteiger partial charge in [0.05, 0.1) is 58.6 Å². The van der Waals surface area contributed by atoms with Crippen LogP contribution in [-0.4, -0.2) is 70.8 Å². The minimum absolute atomic E-state index is 0.191. The van der Waals surface area contributed by atoms with Crippen LogP contribution in [0, 0.1) is 38.8 Å². The second-order valence-electron chi connectivity index (χ2n) is 14.4. The Kier molecular flexibility index (Phi) is 18.5. The monoisotopic (exact) mass is 920 g/mol. The van der Waals surface area contributed by atoms with Gasteiger partial charge in [-0.25, -0.2) is 24.9 Å². The van der Waals surface area contributed by atoms with E-state index in [4.69, 9.17) is 47.3 Å². The molecule has 0 fully saturated rings. The second kappa shape index (κ2) is 23.9. The molecule has 0 aliphatic rings. The Balaban J connectivity index is 0.000000236. The van der Waals surface area contributed by atoms with Crippen LogP contribution in [0.4, 0.5) is 11.4 Å². The lowest BCUT2D eigenvalue weighted by Crippen LogP contribution is -2.47. The van der Waals surface area contributed by atoms with Gasteiger partial charge in [0.25, 0.3) is 11.8 Å². The summed E-state index contributed by atoms with van der Waals surface area (Å²) in [4.78, 5) is 53.9. The number of rotatable bonds is 12. The number of carbonyl (C=O) groups excluding carboxylic acids is 3. The molecule has 0 saturated heterocycles. The molecule has 19 heteroatoms. The third-order valence-corrected chi connectivity index (χ3v) is 11.1. The fourth-order valence-corrected chi connectivity index (χ4v) is 6.65. The van der Waals surface area contributed by atoms with Gasteiger partial charge in [0.15, 0.2) is 0 Å². The lowest BCUT2D eigenvalue weighted by atomic mass is 9.91. The Morgan fingerprint density at radius 1 is 0.677 bits per heavy atom. The highest BCUT2D eigenvalue weighted by atomic mass is 35.5. The third-order valence-electron chi connectivity index (χ3n) is 10.1. The summed E-state index contributed by atoms with van der Waals surface area (Å²) in [6.07, 6.45) is 5.44. The first kappa shape index (κ1) is 50.3. The number of hydrogen-bond donors (Lipinski definition) is 7. The highest BCUT2D eigenvalue weighted by Gasteiger charge is 2.27. The third kappa shape index (κ3) is 13.6. The maximum Gasteiger partial charge on any atom is 0.309 e. The summed E-state index contributed by atoms with van der Waals surface area (Å²) < 4.78 is 3.37. The number of aliphatic hydroxyl groups is 2. The fourth-order valence-electron chi connectivity index (χ4n) is 6.20. The molecule has 0 saturated carbocycles. The number of nitrogen functional groups attached to an aromatic ring is 1. The summed E-state index contributed by atoms with van der Waals surface area (Å²) in [5.41, 5.74) is 12.9. The molecule has 336 valence electrons. The van der Waals surface area contributed by atoms with Crippen molar-refractivity contribution in [2.75, 3.05) is 0 Å². The molecule has 0 spiro atoms. The zero-order chi connectivity index (χ0) is 47.8. The Labute approximate surface area is 385 Å². The van der Waals surface area contributed by atoms with Crippen molar-refractivity contribution in [2.45, 2.75) is 52.7 Å². The Hall–Kier alpha value is -7.38. The number of nitrogens with one attached hydrogen (secondary N) is 3. The Morgan fingerprint density at radius 3 is 1.45 bits per heavy atom. The molecule has 17 nitrogen and oxygen atoms in total. The topological polar surface area (TPSA) is 235 Å². The molecule has 0 aliphatic heterocycles. The quantitative estimate of drug-likeness (QED) is 0.0298. The zero-order valence-electron chi connectivity index (χ0n) is 35.6. The van der Waals surface area contributed by atoms with E-state index in [1.807, 2.05) is 12.3 Å². The van der Waals surface area contributed by atoms with Crippen molar-refractivity contribution in [1.82, 2.24) is 35.8 Å². The standard InChI is InChI=1S/C23H22ClN5O3.C13H14ClNO3.C10H10N4O/c1-14-17(7-10-20(25-3)21(14)24)13-19(15(2)30)23(32)28-27-22(31)16-5-8-18(9-6-16)29-12-4-11-26-29;1-7-9(4-5-11(15-3)12(7)14)6-10(8(2)16)13(17)18;11-13-10(15)8-2-4-9(5-3-8)14-7-1-6-12-14/h4-12,15,19,30H,13H2,1-2H3,(H,27,31)(H,28,32);4-5,8,10,16H,6H2,1-2H3,(H,17,18);1-7H,11H2,(H,13,15)/t15-,19+;8-,10+;/m00./s1. The van der Waals surface area contributed by atoms with Gasteiger partial charge in [0.2, 0.25) is 17.3 Å². The molecular formula is C46H46Cl2N10O7. The van der Waals surface area contributed by atoms with Crippen molar-refractivity contribution in [1.29, 1.82) is 0 Å². The van der Waals surface area contributed by atoms with Gasteiger partial charge >= 0.3 is 5.97 Å². The molecule has 0 unspecified atom stereocenters. The van der Waals surface area contributed by atoms with E-state index in [0.717, 1.165) is 22.5 Å². The Bertz CT molecular complexity index is 2660. The highest BCUT2D eigenvalue weighted by molar-refractivity contribution is 6.34. The van der Waals surface area contributed by atoms with Gasteiger partial charge in [-0.1, -0.05) is 47.5 Å². The number of hydrazine groups is 2. The average Bonchev–Trinajstić information content (AvgIpc) is 4.06. The number of hydrogen-bond acceptors (Lipinski definition) is 9. The SMILES string of the molecule is NNC(=O)c1ccc(-n2cccn2)cc1.[C-]#[N+]c1ccc(C[C@@H](C(=O)NNC(=O)c2ccc(-n3cccn3)cc2)[C@H](C)O)c(C)c1Cl.[C-]#[N+]c1ccc(C[C@@H](C(=O)O)[C@H](C)O)c(C)c1Cl. The number of halogens is 2. The summed E-state index contributed by atoms with van der Waals surface area (Å²) in [7, 11) is 0. The minimum atomic E-state index is -1.05. The summed E-state index contributed by atoms with van der Waals surface area (Å²) in [6.45, 7) is 20.5. The summed E-state index contributed by atoms with van der Waals surface area (Å²) in [5, 5.41) is 37.5. The number of benzene rings is 4. The van der Waals surface area contributed by atoms with Crippen LogP contribution in [0.5, 0.6) is 0 Å². The maximum absolute atomic E-state index is 12.7. The smallest absolute Gasteiger partial charge is 0.309 e. The van der Waals surface area contributed by atoms with E-state index in [0.29, 0.717) is 43.7 Å². The Morgan fingerprint density at radius 2 is 1.09 bits per heavy atom. The number of aliphatic carboxylic acids is 1. The zero-order valence-corrected chi connectivity index (χ0v) is 37.1. The first-order valence-electron chi connectivity index (χ1n) is 19.7. The van der Waals surface area contributed by atoms with E-state index in [2.05, 4.69) is 36.2 Å². The number of carboxylic acid groups (broad SMARTS) is 1. The molecule has 65 heavy (non-hydrogen) atoms. The molecule has 6 aromatic rings. The molecule has 2 aromatic heterocycles. The van der Waals surface area contributed by atoms with E-state index in [1.54, 1.807) is 121 Å². The van der Waals surface area contributed by atoms with E-state index in [9.17, 15) is 29.4 Å². The predicted octanol–water partition coefficient (Wildman–Crippen LogP) is 6.68. The van der Waals surface area contributed by atoms with Gasteiger partial charge in [-0.15, -0.1) is 0 Å². The van der Waals surface area contributed by atoms with Crippen LogP contribution in [0.25, 0.3) is 21.1 Å². The number of aromatic nitrogens is 4. The highest BCUT2D eigenvalue weighted by Crippen LogP contribution is 2.33. The van der Waals surface area contributed by atoms with Crippen LogP contribution >= 0.6 is 23.2 Å². The van der Waals surface area contributed by atoms with E-state index in [1.165, 1.54) is 13.8 Å². The number of nitrogens with zero attached hydrogens (tertiary/aromatic N) is 6. The summed E-state index contributed by atoms with van der Waals surface area (Å²) in [5.74, 6) is 0.939. The first-order valence-corrected chi connectivity index (χ1v) is 20.5. The summed E-state index contributed by atoms with van der Waals surface area (Å²) >= 11 is 12.2. The van der Waals surface area contributed by atoms with Gasteiger partial charge < -0.3 is 15.3 Å². The molecular weight excluding hydrogens is 875 g/mol. The largest absolute Gasteiger partial charge is 0.481 e. The number of nitrogens with two attached hydrogens (primary N) is 1. The molecule has 4 aromatic carbocycles. The van der Waals surface area contributed by atoms with E-state index in [-0.39, 0.29) is 18.7 Å². The maximum atomic E-state index is 12.7. The van der Waals surface area contributed by atoms with Crippen molar-refractivity contribution in [3.8, 4) is 11.4 Å². The van der Waals surface area contributed by atoms with Crippen LogP contribution in [0.2, 0.25) is 10.0 Å². The minimum Gasteiger partial charge on any atom is -0.481 e. The lowest BCUT2D eigenvalue weighted by molar-refractivity contribution is -0.145. The van der Waals surface area contributed by atoms with Crippen molar-refractivity contribution < 1.29 is 34.5 Å². The van der Waals surface area contributed by atoms with Gasteiger partial charge in [0, 0.05) is 35.9 Å². The van der Waals surface area contributed by atoms with Gasteiger partial charge in [0.1, 0.15) is 0 Å². The number of aliphatic hydroxyl groups excluding tert-OH is 2. The van der Waals surface area contributed by atoms with E-state index < -0.39 is 41.8 Å². The van der Waals surface area contributed by atoms with Crippen molar-refractivity contribution in [3.63, 3.8) is 0 Å². The lowest BCUT2D eigenvalue weighted by Gasteiger charge is -2.21. The van der Waals surface area contributed by atoms with E-state index >= 15 is 0 Å². The molecule has 2 heterocycles. The molecule has 4 atom stereocenters. The molecule has 6 rings (SSSR count). The number of amides is 3. The van der Waals surface area contributed by atoms with Crippen LogP contribution in [0.3, 0.4) is 0 Å². The molecule has 0 radical (unpaired) electrons. The number of carboxylic acids is 1. The molecule has 0 bridgehead atoms. The van der Waals surface area contributed by atoms with Gasteiger partial charge in [-0.3, -0.25) is 35.5 Å². The van der Waals surface area contributed by atoms with Crippen molar-refractivity contribution in [3.05, 3.63) is 176 Å². The fraction of sp³-hybridized carbons (Fsp3) is 0.217. The van der Waals surface area contributed by atoms with Gasteiger partial charge in [-0.05, 0) is 123 Å². The van der Waals surface area contributed by atoms with Crippen LogP contribution in [0.15, 0.2) is 110 Å². The van der Waals surface area contributed by atoms with Crippen molar-refractivity contribution >= 4 is 58.3 Å². The van der Waals surface area contributed by atoms with Crippen LogP contribution in [-0.2, 0) is 22.4 Å².